The van der Waals surface area contributed by atoms with Gasteiger partial charge in [-0.1, -0.05) is 0 Å². The number of benzene rings is 1. The van der Waals surface area contributed by atoms with Gasteiger partial charge < -0.3 is 5.43 Å². The van der Waals surface area contributed by atoms with Gasteiger partial charge in [0.2, 0.25) is 10.0 Å². The molecular formula is C10H17N3O5S3. The molecule has 0 radical (unpaired) electrons. The molecule has 4 N–H and O–H groups in total. The Balaban J connectivity index is 3.23. The molecule has 0 spiro atoms. The highest BCUT2D eigenvalue weighted by Gasteiger charge is 2.21. The van der Waals surface area contributed by atoms with E-state index >= 15 is 0 Å². The average Bonchev–Trinajstić information content (AvgIpc) is 2.36. The predicted molar refractivity (Wildman–Crippen MR) is 81.5 cm³/mol. The summed E-state index contributed by atoms with van der Waals surface area (Å²) in [5, 5.41) is 0. The number of anilines is 1. The van der Waals surface area contributed by atoms with Crippen molar-refractivity contribution < 1.29 is 21.0 Å². The third-order valence-corrected chi connectivity index (χ3v) is 5.90. The Kier molecular flexibility index (Phi) is 5.87. The molecule has 1 unspecified atom stereocenters. The second-order valence-electron chi connectivity index (χ2n) is 4.25. The number of rotatable bonds is 7. The molecule has 0 heterocycles. The number of nitrogen functional groups attached to an aromatic ring is 1. The van der Waals surface area contributed by atoms with E-state index in [9.17, 15) is 21.0 Å². The monoisotopic (exact) mass is 355 g/mol. The van der Waals surface area contributed by atoms with Crippen molar-refractivity contribution in [1.82, 2.24) is 4.72 Å². The van der Waals surface area contributed by atoms with Crippen LogP contribution in [0.4, 0.5) is 5.69 Å². The van der Waals surface area contributed by atoms with Gasteiger partial charge in [0.05, 0.1) is 10.6 Å². The second-order valence-corrected chi connectivity index (χ2v) is 9.56. The van der Waals surface area contributed by atoms with Gasteiger partial charge in [-0.2, -0.15) is 0 Å². The van der Waals surface area contributed by atoms with Gasteiger partial charge >= 0.3 is 0 Å². The highest BCUT2D eigenvalue weighted by Crippen LogP contribution is 2.24. The van der Waals surface area contributed by atoms with E-state index < -0.39 is 30.7 Å². The molecular weight excluding hydrogens is 338 g/mol. The quantitative estimate of drug-likeness (QED) is 0.423. The van der Waals surface area contributed by atoms with Gasteiger partial charge in [0.25, 0.3) is 0 Å². The number of sulfonamides is 1. The van der Waals surface area contributed by atoms with Gasteiger partial charge in [-0.15, -0.1) is 0 Å². The van der Waals surface area contributed by atoms with Crippen molar-refractivity contribution in [1.29, 1.82) is 0 Å². The van der Waals surface area contributed by atoms with Crippen LogP contribution in [0.5, 0.6) is 0 Å². The maximum absolute atomic E-state index is 12.2. The highest BCUT2D eigenvalue weighted by atomic mass is 32.2. The van der Waals surface area contributed by atoms with Gasteiger partial charge in [-0.3, -0.25) is 10.1 Å². The van der Waals surface area contributed by atoms with Crippen molar-refractivity contribution in [2.24, 2.45) is 5.84 Å². The topological polar surface area (TPSA) is 135 Å². The molecule has 0 saturated heterocycles. The van der Waals surface area contributed by atoms with Crippen LogP contribution in [0.25, 0.3) is 0 Å². The van der Waals surface area contributed by atoms with E-state index in [0.717, 1.165) is 12.3 Å². The lowest BCUT2D eigenvalue weighted by atomic mass is 10.3. The van der Waals surface area contributed by atoms with E-state index in [1.165, 1.54) is 18.4 Å². The molecule has 1 atom stereocenters. The summed E-state index contributed by atoms with van der Waals surface area (Å²) in [4.78, 5) is -0.421. The lowest BCUT2D eigenvalue weighted by Crippen LogP contribution is -2.29. The lowest BCUT2D eigenvalue weighted by molar-refractivity contribution is 0.584. The van der Waals surface area contributed by atoms with Gasteiger partial charge in [0, 0.05) is 35.6 Å². The third-order valence-electron chi connectivity index (χ3n) is 2.51. The fourth-order valence-electron chi connectivity index (χ4n) is 1.47. The minimum absolute atomic E-state index is 0.0292. The molecule has 120 valence electrons. The first-order chi connectivity index (χ1) is 9.58. The highest BCUT2D eigenvalue weighted by molar-refractivity contribution is 7.91. The molecule has 21 heavy (non-hydrogen) atoms. The van der Waals surface area contributed by atoms with Crippen LogP contribution in [0, 0.1) is 0 Å². The zero-order chi connectivity index (χ0) is 16.3. The Labute approximate surface area is 126 Å². The van der Waals surface area contributed by atoms with Gasteiger partial charge in [-0.25, -0.2) is 21.6 Å². The third kappa shape index (κ3) is 5.04. The molecule has 0 fully saturated rings. The fraction of sp³-hybridized carbons (Fsp3) is 0.400. The van der Waals surface area contributed by atoms with Crippen LogP contribution in [-0.4, -0.2) is 45.9 Å². The number of hydrogen-bond acceptors (Lipinski definition) is 7. The van der Waals surface area contributed by atoms with Crippen LogP contribution in [0.2, 0.25) is 0 Å². The first kappa shape index (κ1) is 18.0. The average molecular weight is 355 g/mol. The number of hydrazine groups is 1. The van der Waals surface area contributed by atoms with E-state index in [1.807, 2.05) is 0 Å². The van der Waals surface area contributed by atoms with E-state index in [-0.39, 0.29) is 27.8 Å². The SMILES string of the molecule is CS(=O)CCNS(=O)(=O)c1cc(S(C)(=O)=O)ccc1NN. The number of nitrogens with two attached hydrogens (primary N) is 1. The van der Waals surface area contributed by atoms with Gasteiger partial charge in [-0.05, 0) is 18.2 Å². The number of nitrogens with one attached hydrogen (secondary N) is 2. The predicted octanol–water partition coefficient (Wildman–Crippen LogP) is -0.967. The molecule has 0 aromatic heterocycles. The molecule has 1 aromatic carbocycles. The van der Waals surface area contributed by atoms with Crippen molar-refractivity contribution in [2.75, 3.05) is 30.2 Å². The maximum Gasteiger partial charge on any atom is 0.242 e. The standard InChI is InChI=1S/C10H17N3O5S3/c1-19(14)6-5-12-21(17,18)10-7-8(20(2,15)16)3-4-9(10)13-11/h3-4,7,12-13H,5-6,11H2,1-2H3. The van der Waals surface area contributed by atoms with Crippen molar-refractivity contribution >= 4 is 36.3 Å². The summed E-state index contributed by atoms with van der Waals surface area (Å²) >= 11 is 0. The van der Waals surface area contributed by atoms with E-state index in [0.29, 0.717) is 0 Å². The summed E-state index contributed by atoms with van der Waals surface area (Å²) in [6, 6.07) is 3.54. The molecule has 0 saturated carbocycles. The Hall–Kier alpha value is -1.01. The molecule has 0 amide bonds. The Morgan fingerprint density at radius 3 is 2.33 bits per heavy atom. The molecule has 11 heteroatoms. The van der Waals surface area contributed by atoms with Gasteiger partial charge in [0.1, 0.15) is 4.90 Å². The van der Waals surface area contributed by atoms with Crippen LogP contribution in [0.1, 0.15) is 0 Å². The number of hydrogen-bond donors (Lipinski definition) is 3. The molecule has 0 aliphatic carbocycles. The van der Waals surface area contributed by atoms with Crippen LogP contribution in [0.3, 0.4) is 0 Å². The molecule has 0 aliphatic rings. The second kappa shape index (κ2) is 6.83. The van der Waals surface area contributed by atoms with Crippen LogP contribution >= 0.6 is 0 Å². The van der Waals surface area contributed by atoms with E-state index in [1.54, 1.807) is 0 Å². The van der Waals surface area contributed by atoms with Crippen molar-refractivity contribution in [3.63, 3.8) is 0 Å². The molecule has 8 nitrogen and oxygen atoms in total. The molecule has 0 bridgehead atoms. The molecule has 1 aromatic rings. The first-order valence-electron chi connectivity index (χ1n) is 5.68. The summed E-state index contributed by atoms with van der Waals surface area (Å²) < 4.78 is 60.5. The van der Waals surface area contributed by atoms with Crippen LogP contribution < -0.4 is 16.0 Å². The summed E-state index contributed by atoms with van der Waals surface area (Å²) in [7, 11) is -8.67. The zero-order valence-corrected chi connectivity index (χ0v) is 13.9. The summed E-state index contributed by atoms with van der Waals surface area (Å²) in [6.45, 7) is -0.0292. The van der Waals surface area contributed by atoms with Crippen LogP contribution in [0.15, 0.2) is 28.0 Å². The van der Waals surface area contributed by atoms with Crippen molar-refractivity contribution in [3.05, 3.63) is 18.2 Å². The van der Waals surface area contributed by atoms with Crippen molar-refractivity contribution in [3.8, 4) is 0 Å². The summed E-state index contributed by atoms with van der Waals surface area (Å²) in [6.07, 6.45) is 2.42. The number of sulfone groups is 1. The summed E-state index contributed by atoms with van der Waals surface area (Å²) in [5.74, 6) is 5.39. The maximum atomic E-state index is 12.2. The zero-order valence-electron chi connectivity index (χ0n) is 11.5. The minimum Gasteiger partial charge on any atom is -0.323 e. The minimum atomic E-state index is -3.97. The largest absolute Gasteiger partial charge is 0.323 e. The Morgan fingerprint density at radius 1 is 1.24 bits per heavy atom. The Morgan fingerprint density at radius 2 is 1.86 bits per heavy atom. The van der Waals surface area contributed by atoms with E-state index in [2.05, 4.69) is 10.1 Å². The lowest BCUT2D eigenvalue weighted by Gasteiger charge is -2.12. The molecule has 1 rings (SSSR count). The fourth-order valence-corrected chi connectivity index (χ4v) is 3.94. The van der Waals surface area contributed by atoms with Crippen LogP contribution in [-0.2, 0) is 30.7 Å². The Bertz CT molecular complexity index is 743. The van der Waals surface area contributed by atoms with Gasteiger partial charge in [0.15, 0.2) is 9.84 Å². The summed E-state index contributed by atoms with van der Waals surface area (Å²) in [5.41, 5.74) is 2.27. The molecule has 0 aliphatic heterocycles. The normalized spacial score (nSPS) is 13.9. The van der Waals surface area contributed by atoms with Crippen molar-refractivity contribution in [2.45, 2.75) is 9.79 Å². The smallest absolute Gasteiger partial charge is 0.242 e. The van der Waals surface area contributed by atoms with E-state index in [4.69, 9.17) is 5.84 Å². The first-order valence-corrected chi connectivity index (χ1v) is 10.8.